The molecular weight excluding hydrogens is 565 g/mol. The Hall–Kier alpha value is -3.89. The van der Waals surface area contributed by atoms with Crippen LogP contribution in [0.15, 0.2) is 84.0 Å². The summed E-state index contributed by atoms with van der Waals surface area (Å²) in [5.74, 6) is 0.0483. The van der Waals surface area contributed by atoms with E-state index < -0.39 is 16.6 Å². The van der Waals surface area contributed by atoms with E-state index in [-0.39, 0.29) is 25.0 Å². The number of aromatic nitrogens is 3. The number of hydrogen-bond acceptors (Lipinski definition) is 6. The first kappa shape index (κ1) is 30.1. The minimum atomic E-state index is -0.667. The number of halogens is 2. The number of para-hydroxylation sites is 1. The lowest BCUT2D eigenvalue weighted by Gasteiger charge is -2.27. The summed E-state index contributed by atoms with van der Waals surface area (Å²) in [6.45, 7) is 7.21. The zero-order valence-electron chi connectivity index (χ0n) is 23.2. The van der Waals surface area contributed by atoms with Crippen LogP contribution in [0.3, 0.4) is 0 Å². The smallest absolute Gasteiger partial charge is 0.240 e. The molecule has 1 heterocycles. The van der Waals surface area contributed by atoms with Crippen LogP contribution in [-0.2, 0) is 16.2 Å². The third kappa shape index (κ3) is 8.31. The highest BCUT2D eigenvalue weighted by atomic mass is 35.5. The zero-order chi connectivity index (χ0) is 29.6. The van der Waals surface area contributed by atoms with Crippen molar-refractivity contribution in [2.45, 2.75) is 50.2 Å². The monoisotopic (exact) mass is 595 g/mol. The molecule has 0 aliphatic rings. The highest BCUT2D eigenvalue weighted by Crippen LogP contribution is 2.29. The summed E-state index contributed by atoms with van der Waals surface area (Å²) in [5, 5.41) is 12.0. The molecule has 0 bridgehead atoms. The fourth-order valence-electron chi connectivity index (χ4n) is 3.93. The van der Waals surface area contributed by atoms with Gasteiger partial charge in [-0.3, -0.25) is 14.2 Å². The van der Waals surface area contributed by atoms with E-state index in [1.54, 1.807) is 31.2 Å². The van der Waals surface area contributed by atoms with E-state index in [9.17, 15) is 14.0 Å². The van der Waals surface area contributed by atoms with Crippen molar-refractivity contribution in [3.8, 4) is 11.4 Å². The van der Waals surface area contributed by atoms with Gasteiger partial charge in [0.1, 0.15) is 24.7 Å². The van der Waals surface area contributed by atoms with Gasteiger partial charge >= 0.3 is 0 Å². The van der Waals surface area contributed by atoms with Crippen LogP contribution in [0.2, 0.25) is 5.02 Å². The summed E-state index contributed by atoms with van der Waals surface area (Å²) in [5.41, 5.74) is 0.731. The van der Waals surface area contributed by atoms with Crippen LogP contribution in [0.1, 0.15) is 33.5 Å². The van der Waals surface area contributed by atoms with Crippen molar-refractivity contribution < 1.29 is 18.7 Å². The van der Waals surface area contributed by atoms with E-state index in [1.165, 1.54) is 40.9 Å². The number of ether oxygens (including phenoxy) is 1. The summed E-state index contributed by atoms with van der Waals surface area (Å²) in [6, 6.07) is 22.0. The standard InChI is InChI=1S/C30H31ClFN5O3S/c1-20(28(39)36(18-27(38)33-30(2,3)4)23-14-12-22(32)13-15-23)41-29-35-34-26(37(29)24-8-6-5-7-9-24)19-40-25-16-10-21(31)11-17-25/h5-17,20H,18-19H2,1-4H3,(H,33,38)/t20-/m1/s1. The predicted octanol–water partition coefficient (Wildman–Crippen LogP) is 6.07. The largest absolute Gasteiger partial charge is 0.486 e. The molecule has 0 radical (unpaired) electrons. The molecule has 214 valence electrons. The Labute approximate surface area is 247 Å². The van der Waals surface area contributed by atoms with Gasteiger partial charge in [0.2, 0.25) is 11.8 Å². The Morgan fingerprint density at radius 2 is 1.68 bits per heavy atom. The maximum absolute atomic E-state index is 13.8. The van der Waals surface area contributed by atoms with Crippen molar-refractivity contribution in [1.82, 2.24) is 20.1 Å². The van der Waals surface area contributed by atoms with Gasteiger partial charge in [-0.15, -0.1) is 10.2 Å². The van der Waals surface area contributed by atoms with Gasteiger partial charge in [0, 0.05) is 21.9 Å². The van der Waals surface area contributed by atoms with Crippen LogP contribution in [0, 0.1) is 5.82 Å². The molecule has 11 heteroatoms. The van der Waals surface area contributed by atoms with Crippen molar-refractivity contribution in [3.63, 3.8) is 0 Å². The molecule has 1 aromatic heterocycles. The summed E-state index contributed by atoms with van der Waals surface area (Å²) >= 11 is 7.18. The lowest BCUT2D eigenvalue weighted by atomic mass is 10.1. The van der Waals surface area contributed by atoms with Gasteiger partial charge in [0.05, 0.1) is 5.25 Å². The van der Waals surface area contributed by atoms with Crippen molar-refractivity contribution in [2.75, 3.05) is 11.4 Å². The molecule has 0 fully saturated rings. The van der Waals surface area contributed by atoms with Crippen molar-refractivity contribution in [3.05, 3.63) is 95.5 Å². The third-order valence-electron chi connectivity index (χ3n) is 5.75. The molecule has 0 spiro atoms. The average molecular weight is 596 g/mol. The second-order valence-electron chi connectivity index (χ2n) is 10.3. The fraction of sp³-hybridized carbons (Fsp3) is 0.267. The van der Waals surface area contributed by atoms with Crippen LogP contribution >= 0.6 is 23.4 Å². The van der Waals surface area contributed by atoms with Crippen LogP contribution in [-0.4, -0.2) is 43.9 Å². The summed E-state index contributed by atoms with van der Waals surface area (Å²) < 4.78 is 21.4. The quantitative estimate of drug-likeness (QED) is 0.224. The number of rotatable bonds is 10. The number of nitrogens with one attached hydrogen (secondary N) is 1. The van der Waals surface area contributed by atoms with Crippen molar-refractivity contribution >= 4 is 40.9 Å². The van der Waals surface area contributed by atoms with Gasteiger partial charge in [-0.1, -0.05) is 41.6 Å². The van der Waals surface area contributed by atoms with E-state index in [4.69, 9.17) is 16.3 Å². The molecule has 8 nitrogen and oxygen atoms in total. The Morgan fingerprint density at radius 1 is 1.02 bits per heavy atom. The van der Waals surface area contributed by atoms with Crippen LogP contribution in [0.25, 0.3) is 5.69 Å². The second-order valence-corrected chi connectivity index (χ2v) is 12.0. The first-order chi connectivity index (χ1) is 19.5. The number of hydrogen-bond donors (Lipinski definition) is 1. The molecule has 2 amide bonds. The molecule has 4 aromatic rings. The lowest BCUT2D eigenvalue weighted by Crippen LogP contribution is -2.48. The number of carbonyl (C=O) groups excluding carboxylic acids is 2. The van der Waals surface area contributed by atoms with Gasteiger partial charge in [-0.2, -0.15) is 0 Å². The maximum Gasteiger partial charge on any atom is 0.240 e. The Kier molecular flexibility index (Phi) is 9.67. The molecule has 0 saturated carbocycles. The van der Waals surface area contributed by atoms with E-state index in [0.717, 1.165) is 5.69 Å². The van der Waals surface area contributed by atoms with E-state index in [2.05, 4.69) is 15.5 Å². The van der Waals surface area contributed by atoms with Gasteiger partial charge in [0.15, 0.2) is 11.0 Å². The normalized spacial score (nSPS) is 12.0. The number of nitrogens with zero attached hydrogens (tertiary/aromatic N) is 4. The molecule has 0 aliphatic carbocycles. The van der Waals surface area contributed by atoms with E-state index in [1.807, 2.05) is 55.7 Å². The van der Waals surface area contributed by atoms with Crippen molar-refractivity contribution in [2.24, 2.45) is 0 Å². The average Bonchev–Trinajstić information content (AvgIpc) is 3.33. The Balaban J connectivity index is 1.59. The highest BCUT2D eigenvalue weighted by molar-refractivity contribution is 8.00. The van der Waals surface area contributed by atoms with Crippen molar-refractivity contribution in [1.29, 1.82) is 0 Å². The number of anilines is 1. The van der Waals surface area contributed by atoms with Gasteiger partial charge in [0.25, 0.3) is 0 Å². The zero-order valence-corrected chi connectivity index (χ0v) is 24.7. The molecule has 0 saturated heterocycles. The van der Waals surface area contributed by atoms with E-state index in [0.29, 0.717) is 27.4 Å². The van der Waals surface area contributed by atoms with Gasteiger partial charge < -0.3 is 15.0 Å². The van der Waals surface area contributed by atoms with Gasteiger partial charge in [-0.05, 0) is 88.4 Å². The maximum atomic E-state index is 13.8. The number of thioether (sulfide) groups is 1. The molecule has 0 unspecified atom stereocenters. The summed E-state index contributed by atoms with van der Waals surface area (Å²) in [6.07, 6.45) is 0. The highest BCUT2D eigenvalue weighted by Gasteiger charge is 2.28. The number of benzene rings is 3. The topological polar surface area (TPSA) is 89.4 Å². The summed E-state index contributed by atoms with van der Waals surface area (Å²) in [4.78, 5) is 27.9. The molecule has 3 aromatic carbocycles. The van der Waals surface area contributed by atoms with Crippen LogP contribution in [0.5, 0.6) is 5.75 Å². The Bertz CT molecular complexity index is 1480. The second kappa shape index (κ2) is 13.2. The molecule has 0 aliphatic heterocycles. The third-order valence-corrected chi connectivity index (χ3v) is 7.03. The molecular formula is C30H31ClFN5O3S. The van der Waals surface area contributed by atoms with Crippen LogP contribution < -0.4 is 15.0 Å². The molecule has 41 heavy (non-hydrogen) atoms. The first-order valence-corrected chi connectivity index (χ1v) is 14.2. The number of carbonyl (C=O) groups is 2. The lowest BCUT2D eigenvalue weighted by molar-refractivity contribution is -0.124. The molecule has 4 rings (SSSR count). The first-order valence-electron chi connectivity index (χ1n) is 12.9. The molecule has 1 N–H and O–H groups in total. The Morgan fingerprint density at radius 3 is 2.32 bits per heavy atom. The predicted molar refractivity (Wildman–Crippen MR) is 159 cm³/mol. The minimum Gasteiger partial charge on any atom is -0.486 e. The number of amides is 2. The minimum absolute atomic E-state index is 0.126. The van der Waals surface area contributed by atoms with Crippen LogP contribution in [0.4, 0.5) is 10.1 Å². The summed E-state index contributed by atoms with van der Waals surface area (Å²) in [7, 11) is 0. The van der Waals surface area contributed by atoms with E-state index >= 15 is 0 Å². The molecule has 1 atom stereocenters. The van der Waals surface area contributed by atoms with Gasteiger partial charge in [-0.25, -0.2) is 4.39 Å². The SMILES string of the molecule is C[C@@H](Sc1nnc(COc2ccc(Cl)cc2)n1-c1ccccc1)C(=O)N(CC(=O)NC(C)(C)C)c1ccc(F)cc1. The fourth-order valence-corrected chi connectivity index (χ4v) is 5.01.